The maximum Gasteiger partial charge on any atom is 0.225 e. The van der Waals surface area contributed by atoms with E-state index in [9.17, 15) is 9.59 Å². The number of nitrogens with zero attached hydrogens (tertiary/aromatic N) is 1. The zero-order chi connectivity index (χ0) is 14.8. The van der Waals surface area contributed by atoms with Crippen LogP contribution in [-0.2, 0) is 16.0 Å². The van der Waals surface area contributed by atoms with E-state index >= 15 is 0 Å². The third-order valence-electron chi connectivity index (χ3n) is 3.10. The molecule has 0 aliphatic rings. The number of rotatable bonds is 9. The molecule has 0 bridgehead atoms. The van der Waals surface area contributed by atoms with Crippen molar-refractivity contribution in [3.8, 4) is 0 Å². The number of thiophene rings is 1. The molecule has 0 fully saturated rings. The Morgan fingerprint density at radius 1 is 1.30 bits per heavy atom. The summed E-state index contributed by atoms with van der Waals surface area (Å²) in [6.45, 7) is 5.62. The Morgan fingerprint density at radius 2 is 2.10 bits per heavy atom. The van der Waals surface area contributed by atoms with E-state index in [1.165, 1.54) is 0 Å². The summed E-state index contributed by atoms with van der Waals surface area (Å²) >= 11 is 1.58. The van der Waals surface area contributed by atoms with Crippen molar-refractivity contribution >= 4 is 23.2 Å². The van der Waals surface area contributed by atoms with Crippen LogP contribution >= 0.6 is 11.3 Å². The van der Waals surface area contributed by atoms with Crippen LogP contribution in [0.25, 0.3) is 0 Å². The first-order valence-electron chi connectivity index (χ1n) is 7.18. The summed E-state index contributed by atoms with van der Waals surface area (Å²) in [6, 6.07) is 3.90. The van der Waals surface area contributed by atoms with E-state index < -0.39 is 0 Å². The Kier molecular flexibility index (Phi) is 7.95. The van der Waals surface area contributed by atoms with Crippen molar-refractivity contribution in [2.75, 3.05) is 19.6 Å². The summed E-state index contributed by atoms with van der Waals surface area (Å²) in [7, 11) is 0. The zero-order valence-electron chi connectivity index (χ0n) is 12.4. The Balaban J connectivity index is 2.22. The molecule has 2 amide bonds. The number of unbranched alkanes of at least 4 members (excludes halogenated alkanes) is 2. The minimum atomic E-state index is 0.0181. The molecule has 0 radical (unpaired) electrons. The van der Waals surface area contributed by atoms with E-state index in [4.69, 9.17) is 0 Å². The molecule has 0 atom stereocenters. The molecule has 1 N–H and O–H groups in total. The molecule has 20 heavy (non-hydrogen) atoms. The van der Waals surface area contributed by atoms with Gasteiger partial charge in [-0.15, -0.1) is 11.3 Å². The van der Waals surface area contributed by atoms with Gasteiger partial charge in [-0.3, -0.25) is 9.59 Å². The average molecular weight is 296 g/mol. The molecule has 5 heteroatoms. The maximum atomic E-state index is 11.7. The van der Waals surface area contributed by atoms with E-state index in [2.05, 4.69) is 12.2 Å². The van der Waals surface area contributed by atoms with Gasteiger partial charge in [-0.05, 0) is 17.9 Å². The normalized spacial score (nSPS) is 10.3. The van der Waals surface area contributed by atoms with E-state index in [0.29, 0.717) is 19.5 Å². The fraction of sp³-hybridized carbons (Fsp3) is 0.600. The number of nitrogens with one attached hydrogen (secondary N) is 1. The van der Waals surface area contributed by atoms with Crippen molar-refractivity contribution in [2.24, 2.45) is 0 Å². The van der Waals surface area contributed by atoms with Crippen molar-refractivity contribution in [1.29, 1.82) is 0 Å². The highest BCUT2D eigenvalue weighted by molar-refractivity contribution is 7.10. The molecule has 0 spiro atoms. The van der Waals surface area contributed by atoms with Crippen LogP contribution in [0.2, 0.25) is 0 Å². The number of hydrogen-bond donors (Lipinski definition) is 1. The number of hydrogen-bond acceptors (Lipinski definition) is 3. The van der Waals surface area contributed by atoms with E-state index in [-0.39, 0.29) is 11.8 Å². The molecule has 0 saturated heterocycles. The minimum absolute atomic E-state index is 0.0181. The smallest absolute Gasteiger partial charge is 0.225 e. The van der Waals surface area contributed by atoms with Crippen LogP contribution in [0.4, 0.5) is 0 Å². The van der Waals surface area contributed by atoms with Gasteiger partial charge < -0.3 is 10.2 Å². The van der Waals surface area contributed by atoms with Gasteiger partial charge in [0.1, 0.15) is 0 Å². The molecule has 1 aromatic heterocycles. The second-order valence-corrected chi connectivity index (χ2v) is 5.85. The highest BCUT2D eigenvalue weighted by Gasteiger charge is 2.09. The van der Waals surface area contributed by atoms with Gasteiger partial charge in [-0.2, -0.15) is 0 Å². The van der Waals surface area contributed by atoms with Gasteiger partial charge in [-0.1, -0.05) is 25.8 Å². The van der Waals surface area contributed by atoms with Crippen LogP contribution in [0, 0.1) is 0 Å². The van der Waals surface area contributed by atoms with E-state index in [1.807, 2.05) is 17.5 Å². The molecule has 1 rings (SSSR count). The van der Waals surface area contributed by atoms with Crippen molar-refractivity contribution in [2.45, 2.75) is 39.5 Å². The highest BCUT2D eigenvalue weighted by atomic mass is 32.1. The Morgan fingerprint density at radius 3 is 2.70 bits per heavy atom. The van der Waals surface area contributed by atoms with Crippen LogP contribution in [0.1, 0.15) is 38.0 Å². The second kappa shape index (κ2) is 9.53. The number of amides is 2. The van der Waals surface area contributed by atoms with Gasteiger partial charge in [0, 0.05) is 31.4 Å². The second-order valence-electron chi connectivity index (χ2n) is 4.82. The minimum Gasteiger partial charge on any atom is -0.354 e. The monoisotopic (exact) mass is 296 g/mol. The van der Waals surface area contributed by atoms with Crippen LogP contribution in [0.5, 0.6) is 0 Å². The Hall–Kier alpha value is -1.36. The molecule has 0 aliphatic heterocycles. The first-order valence-corrected chi connectivity index (χ1v) is 8.06. The van der Waals surface area contributed by atoms with Crippen molar-refractivity contribution in [3.05, 3.63) is 22.4 Å². The topological polar surface area (TPSA) is 49.4 Å². The fourth-order valence-corrected chi connectivity index (χ4v) is 2.65. The fourth-order valence-electron chi connectivity index (χ4n) is 1.94. The molecular weight excluding hydrogens is 272 g/mol. The molecule has 0 saturated carbocycles. The Bertz CT molecular complexity index is 404. The van der Waals surface area contributed by atoms with Gasteiger partial charge in [0.05, 0.1) is 6.42 Å². The van der Waals surface area contributed by atoms with Crippen molar-refractivity contribution < 1.29 is 9.59 Å². The summed E-state index contributed by atoms with van der Waals surface area (Å²) in [5, 5.41) is 4.84. The molecule has 4 nitrogen and oxygen atoms in total. The lowest BCUT2D eigenvalue weighted by atomic mass is 10.2. The van der Waals surface area contributed by atoms with E-state index in [0.717, 1.165) is 30.7 Å². The van der Waals surface area contributed by atoms with Crippen LogP contribution in [0.3, 0.4) is 0 Å². The summed E-state index contributed by atoms with van der Waals surface area (Å²) in [5.41, 5.74) is 0. The average Bonchev–Trinajstić information content (AvgIpc) is 2.89. The van der Waals surface area contributed by atoms with Gasteiger partial charge in [0.2, 0.25) is 11.8 Å². The van der Waals surface area contributed by atoms with Crippen molar-refractivity contribution in [3.63, 3.8) is 0 Å². The summed E-state index contributed by atoms with van der Waals surface area (Å²) in [5.74, 6) is 0.0955. The SMILES string of the molecule is CCCCCN(CCNC(=O)Cc1cccs1)C(C)=O. The first kappa shape index (κ1) is 16.7. The maximum absolute atomic E-state index is 11.7. The lowest BCUT2D eigenvalue weighted by molar-refractivity contribution is -0.129. The largest absolute Gasteiger partial charge is 0.354 e. The lowest BCUT2D eigenvalue weighted by Gasteiger charge is -2.21. The predicted molar refractivity (Wildman–Crippen MR) is 82.8 cm³/mol. The molecule has 1 heterocycles. The van der Waals surface area contributed by atoms with Gasteiger partial charge in [-0.25, -0.2) is 0 Å². The van der Waals surface area contributed by atoms with Crippen molar-refractivity contribution in [1.82, 2.24) is 10.2 Å². The van der Waals surface area contributed by atoms with Crippen LogP contribution < -0.4 is 5.32 Å². The third kappa shape index (κ3) is 6.70. The highest BCUT2D eigenvalue weighted by Crippen LogP contribution is 2.08. The van der Waals surface area contributed by atoms with Gasteiger partial charge in [0.15, 0.2) is 0 Å². The summed E-state index contributed by atoms with van der Waals surface area (Å²) < 4.78 is 0. The lowest BCUT2D eigenvalue weighted by Crippen LogP contribution is -2.38. The molecular formula is C15H24N2O2S. The number of carbonyl (C=O) groups excluding carboxylic acids is 2. The van der Waals surface area contributed by atoms with E-state index in [1.54, 1.807) is 23.2 Å². The molecule has 0 unspecified atom stereocenters. The molecule has 0 aromatic carbocycles. The molecule has 1 aromatic rings. The first-order chi connectivity index (χ1) is 9.63. The molecule has 0 aliphatic carbocycles. The van der Waals surface area contributed by atoms with Crippen LogP contribution in [0.15, 0.2) is 17.5 Å². The van der Waals surface area contributed by atoms with Gasteiger partial charge >= 0.3 is 0 Å². The zero-order valence-corrected chi connectivity index (χ0v) is 13.2. The summed E-state index contributed by atoms with van der Waals surface area (Å²) in [4.78, 5) is 26.1. The Labute approximate surface area is 125 Å². The third-order valence-corrected chi connectivity index (χ3v) is 3.97. The van der Waals surface area contributed by atoms with Gasteiger partial charge in [0.25, 0.3) is 0 Å². The predicted octanol–water partition coefficient (Wildman–Crippen LogP) is 2.45. The quantitative estimate of drug-likeness (QED) is 0.712. The molecule has 112 valence electrons. The number of carbonyl (C=O) groups is 2. The summed E-state index contributed by atoms with van der Waals surface area (Å²) in [6.07, 6.45) is 3.73. The standard InChI is InChI=1S/C15H24N2O2S/c1-3-4-5-9-17(13(2)18)10-8-16-15(19)12-14-7-6-11-20-14/h6-7,11H,3-5,8-10,12H2,1-2H3,(H,16,19). The van der Waals surface area contributed by atoms with Crippen LogP contribution in [-0.4, -0.2) is 36.3 Å².